The second-order valence-corrected chi connectivity index (χ2v) is 4.46. The van der Waals surface area contributed by atoms with E-state index in [4.69, 9.17) is 0 Å². The Morgan fingerprint density at radius 3 is 1.91 bits per heavy atom. The van der Waals surface area contributed by atoms with Gasteiger partial charge in [-0.2, -0.15) is 30.7 Å². The molecule has 0 aliphatic rings. The summed E-state index contributed by atoms with van der Waals surface area (Å²) in [4.78, 5) is 0. The fraction of sp³-hybridized carbons (Fsp3) is 0.200. The molecular formula is C15H7F7. The first kappa shape index (κ1) is 16.1. The van der Waals surface area contributed by atoms with Crippen molar-refractivity contribution in [3.05, 3.63) is 48.0 Å². The van der Waals surface area contributed by atoms with Crippen LogP contribution in [0.5, 0.6) is 0 Å². The highest BCUT2D eigenvalue weighted by atomic mass is 19.4. The van der Waals surface area contributed by atoms with Crippen LogP contribution < -0.4 is 0 Å². The Bertz CT molecular complexity index is 748. The third-order valence-corrected chi connectivity index (χ3v) is 2.86. The Balaban J connectivity index is 2.38. The molecule has 0 bridgehead atoms. The van der Waals surface area contributed by atoms with Gasteiger partial charge in [-0.1, -0.05) is 36.3 Å². The highest BCUT2D eigenvalue weighted by molar-refractivity contribution is 5.83. The number of rotatable bonds is 1. The van der Waals surface area contributed by atoms with Gasteiger partial charge in [0.1, 0.15) is 0 Å². The molecule has 0 aliphatic heterocycles. The zero-order chi connectivity index (χ0) is 16.6. The topological polar surface area (TPSA) is 0 Å². The molecule has 0 amide bonds. The molecule has 7 heteroatoms. The summed E-state index contributed by atoms with van der Waals surface area (Å²) in [6, 6.07) is 10.8. The van der Waals surface area contributed by atoms with Crippen molar-refractivity contribution in [3.8, 4) is 11.8 Å². The van der Waals surface area contributed by atoms with E-state index in [1.54, 1.807) is 30.2 Å². The van der Waals surface area contributed by atoms with E-state index in [-0.39, 0.29) is 5.56 Å². The maximum atomic E-state index is 13.1. The average Bonchev–Trinajstić information content (AvgIpc) is 2.43. The SMILES string of the molecule is FC(F)(F)C(F)(F)C(F)(F)C#Cc1ccc2ccccc2c1. The van der Waals surface area contributed by atoms with Crippen LogP contribution in [-0.4, -0.2) is 18.0 Å². The van der Waals surface area contributed by atoms with Crippen molar-refractivity contribution >= 4 is 10.8 Å². The molecule has 2 aromatic rings. The molecule has 0 atom stereocenters. The minimum Gasteiger partial charge on any atom is -0.188 e. The molecule has 2 aromatic carbocycles. The van der Waals surface area contributed by atoms with E-state index in [9.17, 15) is 30.7 Å². The molecule has 116 valence electrons. The maximum Gasteiger partial charge on any atom is 0.461 e. The van der Waals surface area contributed by atoms with Gasteiger partial charge in [-0.25, -0.2) is 0 Å². The lowest BCUT2D eigenvalue weighted by Crippen LogP contribution is -2.51. The summed E-state index contributed by atoms with van der Waals surface area (Å²) >= 11 is 0. The van der Waals surface area contributed by atoms with Crippen LogP contribution in [0.25, 0.3) is 10.8 Å². The monoisotopic (exact) mass is 320 g/mol. The van der Waals surface area contributed by atoms with E-state index < -0.39 is 18.0 Å². The van der Waals surface area contributed by atoms with Gasteiger partial charge < -0.3 is 0 Å². The third kappa shape index (κ3) is 2.86. The van der Waals surface area contributed by atoms with Crippen molar-refractivity contribution in [2.24, 2.45) is 0 Å². The Morgan fingerprint density at radius 2 is 1.32 bits per heavy atom. The van der Waals surface area contributed by atoms with E-state index in [0.717, 1.165) is 11.3 Å². The van der Waals surface area contributed by atoms with Crippen LogP contribution in [0.15, 0.2) is 42.5 Å². The van der Waals surface area contributed by atoms with E-state index in [0.29, 0.717) is 5.39 Å². The number of hydrogen-bond acceptors (Lipinski definition) is 0. The van der Waals surface area contributed by atoms with Crippen LogP contribution in [0.2, 0.25) is 0 Å². The van der Waals surface area contributed by atoms with Crippen LogP contribution >= 0.6 is 0 Å². The summed E-state index contributed by atoms with van der Waals surface area (Å²) in [6.45, 7) is 0. The normalized spacial score (nSPS) is 12.9. The van der Waals surface area contributed by atoms with E-state index >= 15 is 0 Å². The number of benzene rings is 2. The molecule has 2 rings (SSSR count). The van der Waals surface area contributed by atoms with Gasteiger partial charge in [-0.3, -0.25) is 0 Å². The van der Waals surface area contributed by atoms with Crippen molar-refractivity contribution < 1.29 is 30.7 Å². The summed E-state index contributed by atoms with van der Waals surface area (Å²) < 4.78 is 87.4. The van der Waals surface area contributed by atoms with E-state index in [1.165, 1.54) is 18.2 Å². The Morgan fingerprint density at radius 1 is 0.727 bits per heavy atom. The van der Waals surface area contributed by atoms with Gasteiger partial charge in [0.15, 0.2) is 0 Å². The molecular weight excluding hydrogens is 313 g/mol. The first-order valence-electron chi connectivity index (χ1n) is 5.89. The molecule has 0 unspecified atom stereocenters. The van der Waals surface area contributed by atoms with Gasteiger partial charge in [0.2, 0.25) is 0 Å². The second-order valence-electron chi connectivity index (χ2n) is 4.46. The Labute approximate surface area is 120 Å². The number of hydrogen-bond donors (Lipinski definition) is 0. The molecule has 0 N–H and O–H groups in total. The average molecular weight is 320 g/mol. The first-order valence-corrected chi connectivity index (χ1v) is 5.89. The fourth-order valence-electron chi connectivity index (χ4n) is 1.67. The molecule has 22 heavy (non-hydrogen) atoms. The first-order chi connectivity index (χ1) is 10.0. The molecule has 0 spiro atoms. The van der Waals surface area contributed by atoms with E-state index in [2.05, 4.69) is 0 Å². The smallest absolute Gasteiger partial charge is 0.188 e. The molecule has 0 fully saturated rings. The summed E-state index contributed by atoms with van der Waals surface area (Å²) in [5, 5.41) is 1.35. The predicted molar refractivity (Wildman–Crippen MR) is 66.8 cm³/mol. The van der Waals surface area contributed by atoms with Crippen LogP contribution in [0, 0.1) is 11.8 Å². The van der Waals surface area contributed by atoms with Crippen LogP contribution in [0.3, 0.4) is 0 Å². The summed E-state index contributed by atoms with van der Waals surface area (Å²) in [6.07, 6.45) is -6.38. The molecule has 0 radical (unpaired) electrons. The molecule has 0 saturated heterocycles. The van der Waals surface area contributed by atoms with Gasteiger partial charge in [0.25, 0.3) is 0 Å². The summed E-state index contributed by atoms with van der Waals surface area (Å²) in [5.74, 6) is -9.33. The fourth-order valence-corrected chi connectivity index (χ4v) is 1.67. The summed E-state index contributed by atoms with van der Waals surface area (Å²) in [5.41, 5.74) is -0.0867. The van der Waals surface area contributed by atoms with Crippen molar-refractivity contribution in [1.29, 1.82) is 0 Å². The largest absolute Gasteiger partial charge is 0.461 e. The number of alkyl halides is 7. The van der Waals surface area contributed by atoms with Crippen LogP contribution in [0.4, 0.5) is 30.7 Å². The number of fused-ring (bicyclic) bond motifs is 1. The molecule has 0 aromatic heterocycles. The lowest BCUT2D eigenvalue weighted by Gasteiger charge is -2.24. The highest BCUT2D eigenvalue weighted by Crippen LogP contribution is 2.46. The predicted octanol–water partition coefficient (Wildman–Crippen LogP) is 5.02. The standard InChI is InChI=1S/C15H7F7/c16-13(17,14(18,19)15(20,21)22)8-7-10-5-6-11-3-1-2-4-12(11)9-10/h1-6,9H. The Hall–Kier alpha value is -2.23. The zero-order valence-electron chi connectivity index (χ0n) is 10.7. The van der Waals surface area contributed by atoms with Crippen molar-refractivity contribution in [2.75, 3.05) is 0 Å². The van der Waals surface area contributed by atoms with Crippen molar-refractivity contribution in [3.63, 3.8) is 0 Å². The lowest BCUT2D eigenvalue weighted by molar-refractivity contribution is -0.339. The van der Waals surface area contributed by atoms with Crippen molar-refractivity contribution in [2.45, 2.75) is 18.0 Å². The molecule has 0 heterocycles. The second kappa shape index (κ2) is 5.20. The molecule has 0 nitrogen and oxygen atoms in total. The molecule has 0 aliphatic carbocycles. The maximum absolute atomic E-state index is 13.1. The van der Waals surface area contributed by atoms with Gasteiger partial charge in [-0.15, -0.1) is 0 Å². The zero-order valence-corrected chi connectivity index (χ0v) is 10.7. The summed E-state index contributed by atoms with van der Waals surface area (Å²) in [7, 11) is 0. The quantitative estimate of drug-likeness (QED) is 0.511. The van der Waals surface area contributed by atoms with E-state index in [1.807, 2.05) is 0 Å². The van der Waals surface area contributed by atoms with Gasteiger partial charge in [0.05, 0.1) is 0 Å². The van der Waals surface area contributed by atoms with Gasteiger partial charge in [0, 0.05) is 5.56 Å². The highest BCUT2D eigenvalue weighted by Gasteiger charge is 2.72. The van der Waals surface area contributed by atoms with Crippen LogP contribution in [-0.2, 0) is 0 Å². The van der Waals surface area contributed by atoms with Gasteiger partial charge in [-0.05, 0) is 28.8 Å². The minimum absolute atomic E-state index is 0.0867. The van der Waals surface area contributed by atoms with Crippen molar-refractivity contribution in [1.82, 2.24) is 0 Å². The number of halogens is 7. The van der Waals surface area contributed by atoms with Crippen LogP contribution in [0.1, 0.15) is 5.56 Å². The minimum atomic E-state index is -6.38. The lowest BCUT2D eigenvalue weighted by atomic mass is 10.1. The molecule has 0 saturated carbocycles. The van der Waals surface area contributed by atoms with Gasteiger partial charge >= 0.3 is 18.0 Å². The third-order valence-electron chi connectivity index (χ3n) is 2.86. The Kier molecular flexibility index (Phi) is 3.81.